The zero-order valence-electron chi connectivity index (χ0n) is 12.9. The molecule has 2 N–H and O–H groups in total. The molecule has 0 aliphatic rings. The fourth-order valence-corrected chi connectivity index (χ4v) is 1.98. The summed E-state index contributed by atoms with van der Waals surface area (Å²) in [6, 6.07) is 18.4. The van der Waals surface area contributed by atoms with Crippen molar-refractivity contribution in [2.45, 2.75) is 19.1 Å². The van der Waals surface area contributed by atoms with Crippen molar-refractivity contribution in [3.63, 3.8) is 0 Å². The van der Waals surface area contributed by atoms with Gasteiger partial charge in [-0.3, -0.25) is 0 Å². The minimum atomic E-state index is -0.549. The van der Waals surface area contributed by atoms with E-state index in [0.29, 0.717) is 13.0 Å². The molecular formula is C18H21NO4. The van der Waals surface area contributed by atoms with Crippen molar-refractivity contribution in [1.82, 2.24) is 5.32 Å². The zero-order chi connectivity index (χ0) is 16.3. The molecule has 0 saturated carbocycles. The van der Waals surface area contributed by atoms with Gasteiger partial charge in [0, 0.05) is 6.42 Å². The van der Waals surface area contributed by atoms with Crippen LogP contribution in [0.1, 0.15) is 12.0 Å². The highest BCUT2D eigenvalue weighted by Gasteiger charge is 2.12. The lowest BCUT2D eigenvalue weighted by Crippen LogP contribution is -2.38. The third-order valence-corrected chi connectivity index (χ3v) is 3.23. The summed E-state index contributed by atoms with van der Waals surface area (Å²) < 4.78 is 10.7. The van der Waals surface area contributed by atoms with Gasteiger partial charge in [-0.15, -0.1) is 0 Å². The molecule has 0 radical (unpaired) electrons. The summed E-state index contributed by atoms with van der Waals surface area (Å²) in [5.74, 6) is 0.760. The molecule has 0 aliphatic heterocycles. The van der Waals surface area contributed by atoms with Crippen LogP contribution in [0.2, 0.25) is 0 Å². The van der Waals surface area contributed by atoms with Crippen LogP contribution in [0, 0.1) is 0 Å². The first-order chi connectivity index (χ1) is 11.3. The molecule has 1 atom stereocenters. The highest BCUT2D eigenvalue weighted by Crippen LogP contribution is 2.09. The Labute approximate surface area is 135 Å². The van der Waals surface area contributed by atoms with Gasteiger partial charge in [0.25, 0.3) is 0 Å². The van der Waals surface area contributed by atoms with Crippen LogP contribution in [0.4, 0.5) is 4.79 Å². The van der Waals surface area contributed by atoms with Crippen molar-refractivity contribution in [3.05, 3.63) is 66.2 Å². The quantitative estimate of drug-likeness (QED) is 0.786. The van der Waals surface area contributed by atoms with Crippen molar-refractivity contribution in [3.8, 4) is 5.75 Å². The highest BCUT2D eigenvalue weighted by atomic mass is 16.5. The molecule has 0 aromatic heterocycles. The SMILES string of the molecule is O=C(N[C@H](CO)CCOc1ccccc1)OCc1ccccc1. The number of hydrogen-bond acceptors (Lipinski definition) is 4. The van der Waals surface area contributed by atoms with Crippen molar-refractivity contribution in [1.29, 1.82) is 0 Å². The average molecular weight is 315 g/mol. The lowest BCUT2D eigenvalue weighted by atomic mass is 10.2. The Balaban J connectivity index is 1.68. The third kappa shape index (κ3) is 6.40. The van der Waals surface area contributed by atoms with Crippen LogP contribution in [0.25, 0.3) is 0 Å². The van der Waals surface area contributed by atoms with Gasteiger partial charge >= 0.3 is 6.09 Å². The maximum absolute atomic E-state index is 11.7. The molecule has 5 nitrogen and oxygen atoms in total. The van der Waals surface area contributed by atoms with Crippen LogP contribution in [0.3, 0.4) is 0 Å². The molecule has 0 heterocycles. The Bertz CT molecular complexity index is 574. The normalized spacial score (nSPS) is 11.5. The number of para-hydroxylation sites is 1. The number of nitrogens with one attached hydrogen (secondary N) is 1. The van der Waals surface area contributed by atoms with E-state index in [2.05, 4.69) is 5.32 Å². The highest BCUT2D eigenvalue weighted by molar-refractivity contribution is 5.67. The summed E-state index contributed by atoms with van der Waals surface area (Å²) in [4.78, 5) is 11.7. The Kier molecular flexibility index (Phi) is 6.94. The summed E-state index contributed by atoms with van der Waals surface area (Å²) in [6.45, 7) is 0.429. The second kappa shape index (κ2) is 9.48. The van der Waals surface area contributed by atoms with E-state index in [1.54, 1.807) is 0 Å². The number of rotatable bonds is 8. The smallest absolute Gasteiger partial charge is 0.407 e. The first-order valence-electron chi connectivity index (χ1n) is 7.54. The maximum atomic E-state index is 11.7. The minimum absolute atomic E-state index is 0.168. The van der Waals surface area contributed by atoms with Gasteiger partial charge in [-0.05, 0) is 17.7 Å². The number of carbonyl (C=O) groups is 1. The molecule has 1 amide bonds. The van der Waals surface area contributed by atoms with Gasteiger partial charge in [0.05, 0.1) is 19.3 Å². The van der Waals surface area contributed by atoms with Crippen molar-refractivity contribution in [2.24, 2.45) is 0 Å². The molecule has 122 valence electrons. The molecule has 23 heavy (non-hydrogen) atoms. The van der Waals surface area contributed by atoms with E-state index in [0.717, 1.165) is 11.3 Å². The summed E-state index contributed by atoms with van der Waals surface area (Å²) >= 11 is 0. The standard InChI is InChI=1S/C18H21NO4/c20-13-16(11-12-22-17-9-5-2-6-10-17)19-18(21)23-14-15-7-3-1-4-8-15/h1-10,16,20H,11-14H2,(H,19,21)/t16-/m0/s1. The lowest BCUT2D eigenvalue weighted by molar-refractivity contribution is 0.125. The number of aliphatic hydroxyl groups excluding tert-OH is 1. The van der Waals surface area contributed by atoms with Gasteiger partial charge in [0.15, 0.2) is 0 Å². The topological polar surface area (TPSA) is 67.8 Å². The second-order valence-corrected chi connectivity index (χ2v) is 5.04. The summed E-state index contributed by atoms with van der Waals surface area (Å²) in [5.41, 5.74) is 0.913. The van der Waals surface area contributed by atoms with Crippen molar-refractivity contribution < 1.29 is 19.4 Å². The first-order valence-corrected chi connectivity index (χ1v) is 7.54. The van der Waals surface area contributed by atoms with Crippen molar-refractivity contribution in [2.75, 3.05) is 13.2 Å². The number of ether oxygens (including phenoxy) is 2. The van der Waals surface area contributed by atoms with Gasteiger partial charge < -0.3 is 19.9 Å². The molecule has 0 saturated heterocycles. The van der Waals surface area contributed by atoms with Crippen LogP contribution < -0.4 is 10.1 Å². The molecule has 0 bridgehead atoms. The molecule has 0 unspecified atom stereocenters. The lowest BCUT2D eigenvalue weighted by Gasteiger charge is -2.16. The number of amides is 1. The van der Waals surface area contributed by atoms with Crippen LogP contribution in [0.15, 0.2) is 60.7 Å². The number of aliphatic hydroxyl groups is 1. The molecule has 2 aromatic carbocycles. The molecule has 0 spiro atoms. The van der Waals surface area contributed by atoms with Gasteiger partial charge in [0.2, 0.25) is 0 Å². The third-order valence-electron chi connectivity index (χ3n) is 3.23. The molecule has 2 aromatic rings. The Hall–Kier alpha value is -2.53. The van der Waals surface area contributed by atoms with Crippen molar-refractivity contribution >= 4 is 6.09 Å². The Morgan fingerprint density at radius 1 is 1.04 bits per heavy atom. The van der Waals surface area contributed by atoms with Crippen LogP contribution >= 0.6 is 0 Å². The zero-order valence-corrected chi connectivity index (χ0v) is 12.9. The van der Waals surface area contributed by atoms with E-state index in [9.17, 15) is 9.90 Å². The molecule has 0 fully saturated rings. The fraction of sp³-hybridized carbons (Fsp3) is 0.278. The molecule has 0 aliphatic carbocycles. The van der Waals surface area contributed by atoms with E-state index in [-0.39, 0.29) is 13.2 Å². The van der Waals surface area contributed by atoms with Crippen LogP contribution in [-0.2, 0) is 11.3 Å². The van der Waals surface area contributed by atoms with E-state index in [1.807, 2.05) is 60.7 Å². The molecule has 2 rings (SSSR count). The summed E-state index contributed by atoms with van der Waals surface area (Å²) in [7, 11) is 0. The number of carbonyl (C=O) groups excluding carboxylic acids is 1. The fourth-order valence-electron chi connectivity index (χ4n) is 1.98. The monoisotopic (exact) mass is 315 g/mol. The van der Waals surface area contributed by atoms with Gasteiger partial charge in [-0.25, -0.2) is 4.79 Å². The summed E-state index contributed by atoms with van der Waals surface area (Å²) in [6.07, 6.45) is -0.0566. The van der Waals surface area contributed by atoms with E-state index in [1.165, 1.54) is 0 Å². The predicted molar refractivity (Wildman–Crippen MR) is 87.2 cm³/mol. The van der Waals surface area contributed by atoms with Crippen LogP contribution in [-0.4, -0.2) is 30.5 Å². The maximum Gasteiger partial charge on any atom is 0.407 e. The van der Waals surface area contributed by atoms with Gasteiger partial charge in [-0.2, -0.15) is 0 Å². The number of benzene rings is 2. The minimum Gasteiger partial charge on any atom is -0.494 e. The van der Waals surface area contributed by atoms with E-state index >= 15 is 0 Å². The van der Waals surface area contributed by atoms with E-state index < -0.39 is 12.1 Å². The van der Waals surface area contributed by atoms with E-state index in [4.69, 9.17) is 9.47 Å². The Morgan fingerprint density at radius 2 is 1.70 bits per heavy atom. The second-order valence-electron chi connectivity index (χ2n) is 5.04. The molecular weight excluding hydrogens is 294 g/mol. The number of hydrogen-bond donors (Lipinski definition) is 2. The predicted octanol–water partition coefficient (Wildman–Crippen LogP) is 2.74. The van der Waals surface area contributed by atoms with Gasteiger partial charge in [0.1, 0.15) is 12.4 Å². The average Bonchev–Trinajstić information content (AvgIpc) is 2.61. The molecule has 5 heteroatoms. The van der Waals surface area contributed by atoms with Gasteiger partial charge in [-0.1, -0.05) is 48.5 Å². The first kappa shape index (κ1) is 16.8. The summed E-state index contributed by atoms with van der Waals surface area (Å²) in [5, 5.41) is 12.0. The Morgan fingerprint density at radius 3 is 2.35 bits per heavy atom. The largest absolute Gasteiger partial charge is 0.494 e. The number of alkyl carbamates (subject to hydrolysis) is 1. The van der Waals surface area contributed by atoms with Crippen LogP contribution in [0.5, 0.6) is 5.75 Å².